The summed E-state index contributed by atoms with van der Waals surface area (Å²) in [5.74, 6) is 1.05. The Bertz CT molecular complexity index is 1220. The molecule has 7 heteroatoms. The van der Waals surface area contributed by atoms with E-state index in [2.05, 4.69) is 37.4 Å². The average molecular weight is 533 g/mol. The molecule has 0 N–H and O–H groups in total. The van der Waals surface area contributed by atoms with Crippen LogP contribution in [0.3, 0.4) is 0 Å². The third-order valence-electron chi connectivity index (χ3n) is 7.45. The van der Waals surface area contributed by atoms with Crippen molar-refractivity contribution in [2.75, 3.05) is 32.8 Å². The first kappa shape index (κ1) is 26.4. The van der Waals surface area contributed by atoms with E-state index < -0.39 is 0 Å². The highest BCUT2D eigenvalue weighted by atomic mass is 32.1. The molecule has 5 rings (SSSR count). The summed E-state index contributed by atoms with van der Waals surface area (Å²) in [4.78, 5) is 32.1. The zero-order chi connectivity index (χ0) is 26.5. The minimum absolute atomic E-state index is 0.0205. The highest BCUT2D eigenvalue weighted by Gasteiger charge is 2.34. The summed E-state index contributed by atoms with van der Waals surface area (Å²) < 4.78 is 12.1. The van der Waals surface area contributed by atoms with Gasteiger partial charge in [-0.05, 0) is 72.0 Å². The second-order valence-corrected chi connectivity index (χ2v) is 11.4. The molecule has 38 heavy (non-hydrogen) atoms. The van der Waals surface area contributed by atoms with E-state index in [0.29, 0.717) is 37.8 Å². The lowest BCUT2D eigenvalue weighted by Gasteiger charge is -2.37. The van der Waals surface area contributed by atoms with Crippen molar-refractivity contribution in [2.24, 2.45) is 0 Å². The van der Waals surface area contributed by atoms with Crippen LogP contribution in [0, 0.1) is 0 Å². The summed E-state index contributed by atoms with van der Waals surface area (Å²) in [5.41, 5.74) is 3.00. The van der Waals surface area contributed by atoms with Gasteiger partial charge in [0.1, 0.15) is 18.9 Å². The highest BCUT2D eigenvalue weighted by molar-refractivity contribution is 7.10. The molecular formula is C31H36N2O4S. The van der Waals surface area contributed by atoms with Crippen LogP contribution in [-0.4, -0.2) is 60.6 Å². The Hall–Kier alpha value is -3.16. The van der Waals surface area contributed by atoms with Gasteiger partial charge >= 0.3 is 0 Å². The van der Waals surface area contributed by atoms with Crippen LogP contribution in [0.25, 0.3) is 0 Å². The summed E-state index contributed by atoms with van der Waals surface area (Å²) >= 11 is 1.73. The van der Waals surface area contributed by atoms with Crippen molar-refractivity contribution in [3.8, 4) is 5.75 Å². The van der Waals surface area contributed by atoms with Crippen molar-refractivity contribution in [1.29, 1.82) is 0 Å². The predicted molar refractivity (Wildman–Crippen MR) is 150 cm³/mol. The summed E-state index contributed by atoms with van der Waals surface area (Å²) in [7, 11) is 0. The fourth-order valence-corrected chi connectivity index (χ4v) is 6.20. The number of benzene rings is 2. The maximum Gasteiger partial charge on any atom is 0.254 e. The van der Waals surface area contributed by atoms with E-state index in [4.69, 9.17) is 9.47 Å². The van der Waals surface area contributed by atoms with Crippen molar-refractivity contribution in [3.63, 3.8) is 0 Å². The fraction of sp³-hybridized carbons (Fsp3) is 0.419. The van der Waals surface area contributed by atoms with Crippen molar-refractivity contribution >= 4 is 23.2 Å². The van der Waals surface area contributed by atoms with Gasteiger partial charge in [-0.2, -0.15) is 0 Å². The first-order valence-corrected chi connectivity index (χ1v) is 14.4. The SMILES string of the molecule is CC(C)c1ccc(OC[C@H]2c3ccsc3CCN2C(=O)CN(C[C@@H]2CCCO2)C(=O)c2ccccc2)cc1. The summed E-state index contributed by atoms with van der Waals surface area (Å²) in [5, 5.41) is 2.09. The van der Waals surface area contributed by atoms with Gasteiger partial charge in [-0.15, -0.1) is 11.3 Å². The Morgan fingerprint density at radius 2 is 1.89 bits per heavy atom. The zero-order valence-corrected chi connectivity index (χ0v) is 23.0. The Labute approximate surface area is 229 Å². The smallest absolute Gasteiger partial charge is 0.254 e. The number of ether oxygens (including phenoxy) is 2. The van der Waals surface area contributed by atoms with Gasteiger partial charge in [0.15, 0.2) is 0 Å². The van der Waals surface area contributed by atoms with E-state index in [1.54, 1.807) is 28.4 Å². The molecule has 2 amide bonds. The third kappa shape index (κ3) is 6.11. The molecule has 1 aromatic heterocycles. The molecular weight excluding hydrogens is 496 g/mol. The van der Waals surface area contributed by atoms with Crippen molar-refractivity contribution in [1.82, 2.24) is 9.80 Å². The molecule has 0 bridgehead atoms. The number of amides is 2. The number of rotatable bonds is 9. The van der Waals surface area contributed by atoms with E-state index in [0.717, 1.165) is 30.6 Å². The van der Waals surface area contributed by atoms with E-state index in [-0.39, 0.29) is 30.5 Å². The van der Waals surface area contributed by atoms with Crippen molar-refractivity contribution in [3.05, 3.63) is 87.6 Å². The zero-order valence-electron chi connectivity index (χ0n) is 22.2. The number of hydrogen-bond donors (Lipinski definition) is 0. The van der Waals surface area contributed by atoms with Gasteiger partial charge in [0.25, 0.3) is 5.91 Å². The summed E-state index contributed by atoms with van der Waals surface area (Å²) in [6, 6.07) is 19.3. The monoisotopic (exact) mass is 532 g/mol. The van der Waals surface area contributed by atoms with Crippen molar-refractivity contribution < 1.29 is 19.1 Å². The molecule has 200 valence electrons. The quantitative estimate of drug-likeness (QED) is 0.355. The molecule has 3 heterocycles. The average Bonchev–Trinajstić information content (AvgIpc) is 3.64. The van der Waals surface area contributed by atoms with Gasteiger partial charge in [0.05, 0.1) is 12.1 Å². The lowest BCUT2D eigenvalue weighted by atomic mass is 10.00. The van der Waals surface area contributed by atoms with Crippen LogP contribution >= 0.6 is 11.3 Å². The molecule has 2 atom stereocenters. The van der Waals surface area contributed by atoms with Crippen LogP contribution in [0.2, 0.25) is 0 Å². The minimum Gasteiger partial charge on any atom is -0.491 e. The minimum atomic E-state index is -0.196. The Kier molecular flexibility index (Phi) is 8.45. The topological polar surface area (TPSA) is 59.1 Å². The van der Waals surface area contributed by atoms with Crippen LogP contribution in [0.1, 0.15) is 65.0 Å². The lowest BCUT2D eigenvalue weighted by Crippen LogP contribution is -2.49. The van der Waals surface area contributed by atoms with Crippen LogP contribution in [0.4, 0.5) is 0 Å². The first-order valence-electron chi connectivity index (χ1n) is 13.5. The van der Waals surface area contributed by atoms with E-state index in [9.17, 15) is 9.59 Å². The molecule has 0 unspecified atom stereocenters. The van der Waals surface area contributed by atoms with Crippen molar-refractivity contribution in [2.45, 2.75) is 51.2 Å². The first-order chi connectivity index (χ1) is 18.5. The van der Waals surface area contributed by atoms with Crippen LogP contribution < -0.4 is 4.74 Å². The molecule has 1 saturated heterocycles. The van der Waals surface area contributed by atoms with Gasteiger partial charge in [-0.25, -0.2) is 0 Å². The molecule has 0 saturated carbocycles. The summed E-state index contributed by atoms with van der Waals surface area (Å²) in [6.07, 6.45) is 2.67. The van der Waals surface area contributed by atoms with Crippen LogP contribution in [0.15, 0.2) is 66.0 Å². The molecule has 3 aromatic rings. The normalized spacial score (nSPS) is 18.9. The number of carbonyl (C=O) groups excluding carboxylic acids is 2. The van der Waals surface area contributed by atoms with E-state index >= 15 is 0 Å². The Morgan fingerprint density at radius 1 is 1.11 bits per heavy atom. The second-order valence-electron chi connectivity index (χ2n) is 10.4. The molecule has 1 fully saturated rings. The van der Waals surface area contributed by atoms with Crippen LogP contribution in [0.5, 0.6) is 5.75 Å². The standard InChI is InChI=1S/C31H36N2O4S/c1-22(2)23-10-12-25(13-11-23)37-21-28-27-15-18-38-29(27)14-16-33(28)30(34)20-32(19-26-9-6-17-36-26)31(35)24-7-4-3-5-8-24/h3-5,7-8,10-13,15,18,22,26,28H,6,9,14,16-17,19-21H2,1-2H3/t26-,28-/m0/s1. The maximum atomic E-state index is 13.8. The molecule has 2 aromatic carbocycles. The van der Waals surface area contributed by atoms with E-state index in [1.807, 2.05) is 35.2 Å². The molecule has 2 aliphatic heterocycles. The summed E-state index contributed by atoms with van der Waals surface area (Å²) in [6.45, 7) is 6.47. The number of hydrogen-bond acceptors (Lipinski definition) is 5. The highest BCUT2D eigenvalue weighted by Crippen LogP contribution is 2.34. The van der Waals surface area contributed by atoms with E-state index in [1.165, 1.54) is 10.4 Å². The number of fused-ring (bicyclic) bond motifs is 1. The lowest BCUT2D eigenvalue weighted by molar-refractivity contribution is -0.135. The number of thiophene rings is 1. The third-order valence-corrected chi connectivity index (χ3v) is 8.45. The molecule has 2 aliphatic rings. The van der Waals surface area contributed by atoms with Gasteiger partial charge in [0.2, 0.25) is 5.91 Å². The van der Waals surface area contributed by atoms with Gasteiger partial charge in [0, 0.05) is 30.1 Å². The second kappa shape index (κ2) is 12.1. The Morgan fingerprint density at radius 3 is 2.61 bits per heavy atom. The molecule has 0 radical (unpaired) electrons. The maximum absolute atomic E-state index is 13.8. The largest absolute Gasteiger partial charge is 0.491 e. The molecule has 0 spiro atoms. The van der Waals surface area contributed by atoms with Gasteiger partial charge in [-0.1, -0.05) is 44.2 Å². The number of carbonyl (C=O) groups is 2. The fourth-order valence-electron chi connectivity index (χ4n) is 5.27. The molecule has 6 nitrogen and oxygen atoms in total. The van der Waals surface area contributed by atoms with Gasteiger partial charge in [-0.3, -0.25) is 9.59 Å². The van der Waals surface area contributed by atoms with Crippen LogP contribution in [-0.2, 0) is 16.0 Å². The molecule has 0 aliphatic carbocycles. The predicted octanol–water partition coefficient (Wildman–Crippen LogP) is 5.70. The Balaban J connectivity index is 1.33. The van der Waals surface area contributed by atoms with Gasteiger partial charge < -0.3 is 19.3 Å². The number of nitrogens with zero attached hydrogens (tertiary/aromatic N) is 2.